The summed E-state index contributed by atoms with van der Waals surface area (Å²) in [6.45, 7) is 11.0. The molecule has 0 fully saturated rings. The van der Waals surface area contributed by atoms with Gasteiger partial charge in [-0.15, -0.1) is 0 Å². The maximum Gasteiger partial charge on any atom is 4.00 e. The smallest absolute Gasteiger partial charge is 0.415 e. The molecule has 0 bridgehead atoms. The van der Waals surface area contributed by atoms with Crippen LogP contribution in [0.4, 0.5) is 0 Å². The van der Waals surface area contributed by atoms with E-state index in [4.69, 9.17) is 0 Å². The largest absolute Gasteiger partial charge is 4.00 e. The van der Waals surface area contributed by atoms with E-state index in [0.29, 0.717) is 0 Å². The van der Waals surface area contributed by atoms with Gasteiger partial charge in [-0.2, -0.15) is 49.2 Å². The van der Waals surface area contributed by atoms with Gasteiger partial charge in [0.2, 0.25) is 0 Å². The summed E-state index contributed by atoms with van der Waals surface area (Å²) in [7, 11) is 0. The Morgan fingerprint density at radius 2 is 1.41 bits per heavy atom. The van der Waals surface area contributed by atoms with Gasteiger partial charge in [0.15, 0.2) is 0 Å². The molecule has 4 heteroatoms. The molecule has 96 valence electrons. The van der Waals surface area contributed by atoms with Gasteiger partial charge in [-0.1, -0.05) is 18.2 Å². The zero-order valence-corrected chi connectivity index (χ0v) is 14.2. The molecule has 0 aliphatic heterocycles. The number of hydrogen-bond donors (Lipinski definition) is 1. The second-order valence-electron chi connectivity index (χ2n) is 2.40. The third-order valence-corrected chi connectivity index (χ3v) is 0.607. The van der Waals surface area contributed by atoms with Crippen LogP contribution >= 0.6 is 12.2 Å². The van der Waals surface area contributed by atoms with Gasteiger partial charge in [-0.25, -0.2) is 0 Å². The van der Waals surface area contributed by atoms with Crippen molar-refractivity contribution in [1.29, 1.82) is 0 Å². The molecule has 0 aliphatic carbocycles. The quantitative estimate of drug-likeness (QED) is 0.334. The second-order valence-corrected chi connectivity index (χ2v) is 3.53. The molecule has 0 unspecified atom stereocenters. The molecule has 0 radical (unpaired) electrons. The summed E-state index contributed by atoms with van der Waals surface area (Å²) in [5, 5.41) is 0. The van der Waals surface area contributed by atoms with Crippen LogP contribution in [0.25, 0.3) is 0 Å². The van der Waals surface area contributed by atoms with Gasteiger partial charge >= 0.3 is 21.1 Å². The molecule has 1 aromatic carbocycles. The van der Waals surface area contributed by atoms with Crippen LogP contribution in [0.2, 0.25) is 0 Å². The summed E-state index contributed by atoms with van der Waals surface area (Å²) in [6.07, 6.45) is 2.00. The minimum Gasteiger partial charge on any atom is -0.415 e. The van der Waals surface area contributed by atoms with Crippen LogP contribution in [0.1, 0.15) is 26.7 Å². The van der Waals surface area contributed by atoms with E-state index in [1.54, 1.807) is 0 Å². The van der Waals surface area contributed by atoms with Gasteiger partial charge in [0, 0.05) is 0 Å². The van der Waals surface area contributed by atoms with Crippen molar-refractivity contribution in [2.75, 3.05) is 0 Å². The molecule has 0 atom stereocenters. The van der Waals surface area contributed by atoms with E-state index < -0.39 is 0 Å². The summed E-state index contributed by atoms with van der Waals surface area (Å²) in [4.78, 5) is 0. The summed E-state index contributed by atoms with van der Waals surface area (Å²) < 4.78 is 0.0833. The van der Waals surface area contributed by atoms with Crippen LogP contribution < -0.4 is 5.73 Å². The predicted octanol–water partition coefficient (Wildman–Crippen LogP) is 3.72. The topological polar surface area (TPSA) is 26.0 Å². The zero-order valence-electron chi connectivity index (χ0n) is 10.5. The fourth-order valence-electron chi connectivity index (χ4n) is 0.342. The molecule has 2 N–H and O–H groups in total. The molecular formula is C13H21MoNS2. The number of rotatable bonds is 0. The van der Waals surface area contributed by atoms with Gasteiger partial charge in [-0.05, 0) is 0 Å². The van der Waals surface area contributed by atoms with Gasteiger partial charge in [0.25, 0.3) is 0 Å². The monoisotopic (exact) mass is 353 g/mol. The summed E-state index contributed by atoms with van der Waals surface area (Å²) >= 11 is 8.26. The van der Waals surface area contributed by atoms with Crippen molar-refractivity contribution in [3.63, 3.8) is 0 Å². The Labute approximate surface area is 132 Å². The summed E-state index contributed by atoms with van der Waals surface area (Å²) in [6, 6.07) is 12.5. The first-order valence-electron chi connectivity index (χ1n) is 5.02. The Morgan fingerprint density at radius 3 is 1.47 bits per heavy atom. The van der Waals surface area contributed by atoms with Crippen molar-refractivity contribution < 1.29 is 21.1 Å². The standard InChI is InChI=1S/C6H5.2C3H7.CH3NS2.Mo/c1-2-4-6-5-3-1;2*1-3-2;2-1(3)4;/h1-5H;2*1,3H2,2H3;(H3,2,3,4);/q3*-1;;+4/p-1. The average Bonchev–Trinajstić information content (AvgIpc) is 2.22. The molecule has 0 amide bonds. The first kappa shape index (κ1) is 25.8. The van der Waals surface area contributed by atoms with E-state index in [0.717, 1.165) is 12.8 Å². The van der Waals surface area contributed by atoms with Crippen LogP contribution in [0, 0.1) is 19.9 Å². The normalized spacial score (nSPS) is 6.35. The molecular weight excluding hydrogens is 330 g/mol. The predicted molar refractivity (Wildman–Crippen MR) is 80.7 cm³/mol. The van der Waals surface area contributed by atoms with E-state index >= 15 is 0 Å². The zero-order chi connectivity index (χ0) is 13.2. The summed E-state index contributed by atoms with van der Waals surface area (Å²) in [5.74, 6) is 0. The van der Waals surface area contributed by atoms with Crippen LogP contribution in [0.3, 0.4) is 0 Å². The van der Waals surface area contributed by atoms with Crippen molar-refractivity contribution in [3.05, 3.63) is 50.2 Å². The second kappa shape index (κ2) is 29.8. The maximum absolute atomic E-state index is 4.66. The molecule has 0 aromatic heterocycles. The fraction of sp³-hybridized carbons (Fsp3) is 0.308. The molecule has 0 saturated carbocycles. The van der Waals surface area contributed by atoms with Crippen LogP contribution in [0.15, 0.2) is 30.3 Å². The number of thiocarbonyl (C=S) groups is 1. The Balaban J connectivity index is -0.0000000690. The van der Waals surface area contributed by atoms with E-state index in [2.05, 4.69) is 50.5 Å². The van der Waals surface area contributed by atoms with Crippen molar-refractivity contribution in [2.24, 2.45) is 5.73 Å². The van der Waals surface area contributed by atoms with Gasteiger partial charge in [-0.3, -0.25) is 0 Å². The molecule has 1 aromatic rings. The average molecular weight is 351 g/mol. The molecule has 1 rings (SSSR count). The Hall–Kier alpha value is 0.0183. The van der Waals surface area contributed by atoms with Crippen molar-refractivity contribution in [2.45, 2.75) is 26.7 Å². The Morgan fingerprint density at radius 1 is 1.18 bits per heavy atom. The van der Waals surface area contributed by atoms with E-state index in [1.807, 2.05) is 44.2 Å². The first-order chi connectivity index (χ1) is 7.56. The third kappa shape index (κ3) is 86.9. The van der Waals surface area contributed by atoms with E-state index in [9.17, 15) is 0 Å². The first-order valence-corrected chi connectivity index (χ1v) is 5.84. The van der Waals surface area contributed by atoms with E-state index in [-0.39, 0.29) is 25.4 Å². The van der Waals surface area contributed by atoms with Crippen molar-refractivity contribution in [3.8, 4) is 0 Å². The van der Waals surface area contributed by atoms with E-state index in [1.165, 1.54) is 0 Å². The molecule has 1 nitrogen and oxygen atoms in total. The molecule has 17 heavy (non-hydrogen) atoms. The Bertz CT molecular complexity index is 173. The molecule has 0 aliphatic rings. The molecule has 0 heterocycles. The third-order valence-electron chi connectivity index (χ3n) is 0.607. The summed E-state index contributed by atoms with van der Waals surface area (Å²) in [5.41, 5.74) is 4.66. The van der Waals surface area contributed by atoms with Crippen molar-refractivity contribution in [1.82, 2.24) is 0 Å². The number of nitrogens with two attached hydrogens (primary N) is 1. The fourth-order valence-corrected chi connectivity index (χ4v) is 0.342. The van der Waals surface area contributed by atoms with Gasteiger partial charge in [0.05, 0.1) is 0 Å². The van der Waals surface area contributed by atoms with Crippen LogP contribution in [-0.4, -0.2) is 4.32 Å². The maximum atomic E-state index is 4.66. The Kier molecular flexibility index (Phi) is 45.1. The van der Waals surface area contributed by atoms with Crippen LogP contribution in [0.5, 0.6) is 0 Å². The SMILES string of the molecule is NC(=S)[S-].[CH2-]CC.[CH2-]CC.[Mo+4].[c-]1ccccc1. The van der Waals surface area contributed by atoms with Gasteiger partial charge < -0.3 is 44.4 Å². The molecule has 0 saturated heterocycles. The number of benzene rings is 1. The van der Waals surface area contributed by atoms with Crippen molar-refractivity contribution >= 4 is 29.2 Å². The molecule has 0 spiro atoms. The minimum atomic E-state index is 0. The van der Waals surface area contributed by atoms with Crippen LogP contribution in [-0.2, 0) is 33.7 Å². The minimum absolute atomic E-state index is 0. The van der Waals surface area contributed by atoms with Gasteiger partial charge in [0.1, 0.15) is 0 Å². The number of hydrogen-bond acceptors (Lipinski definition) is 2.